The van der Waals surface area contributed by atoms with Crippen LogP contribution in [0, 0.1) is 5.82 Å². The maximum atomic E-state index is 12.9. The summed E-state index contributed by atoms with van der Waals surface area (Å²) < 4.78 is 37.9. The van der Waals surface area contributed by atoms with Crippen LogP contribution in [0.15, 0.2) is 18.2 Å². The van der Waals surface area contributed by atoms with Gasteiger partial charge in [0.05, 0.1) is 10.6 Å². The molecule has 0 N–H and O–H groups in total. The van der Waals surface area contributed by atoms with Crippen LogP contribution in [0.5, 0.6) is 0 Å². The van der Waals surface area contributed by atoms with Gasteiger partial charge in [-0.25, -0.2) is 4.39 Å². The van der Waals surface area contributed by atoms with Crippen molar-refractivity contribution in [2.45, 2.75) is 4.83 Å². The number of alkyl halides is 3. The van der Waals surface area contributed by atoms with Gasteiger partial charge in [0.2, 0.25) is 0 Å². The van der Waals surface area contributed by atoms with Gasteiger partial charge in [0, 0.05) is 0 Å². The first-order valence-corrected chi connectivity index (χ1v) is 4.11. The monoisotopic (exact) mass is 258 g/mol. The average molecular weight is 259 g/mol. The molecular weight excluding hydrogens is 256 g/mol. The van der Waals surface area contributed by atoms with Gasteiger partial charge in [-0.2, -0.15) is 8.78 Å². The van der Waals surface area contributed by atoms with Crippen LogP contribution in [0.4, 0.5) is 13.2 Å². The molecule has 1 rings (SSSR count). The molecule has 0 aliphatic heterocycles. The number of hydrogen-bond acceptors (Lipinski definition) is 0. The van der Waals surface area contributed by atoms with Gasteiger partial charge in [-0.3, -0.25) is 0 Å². The van der Waals surface area contributed by atoms with Crippen LogP contribution in [-0.2, 0) is 4.83 Å². The van der Waals surface area contributed by atoms with Crippen molar-refractivity contribution in [3.63, 3.8) is 0 Å². The Morgan fingerprint density at radius 3 is 2.33 bits per heavy atom. The first-order chi connectivity index (χ1) is 5.43. The molecule has 0 aromatic heterocycles. The molecule has 0 nitrogen and oxygen atoms in total. The van der Waals surface area contributed by atoms with Gasteiger partial charge in [0.1, 0.15) is 0 Å². The van der Waals surface area contributed by atoms with E-state index in [-0.39, 0.29) is 5.02 Å². The quantitative estimate of drug-likeness (QED) is 0.671. The minimum atomic E-state index is -3.37. The molecule has 5 heteroatoms. The van der Waals surface area contributed by atoms with E-state index >= 15 is 0 Å². The van der Waals surface area contributed by atoms with Crippen LogP contribution in [-0.4, -0.2) is 0 Å². The topological polar surface area (TPSA) is 0 Å². The van der Waals surface area contributed by atoms with Gasteiger partial charge in [-0.05, 0) is 28.1 Å². The van der Waals surface area contributed by atoms with Crippen molar-refractivity contribution >= 4 is 27.5 Å². The van der Waals surface area contributed by atoms with Crippen LogP contribution >= 0.6 is 27.5 Å². The molecule has 1 aromatic rings. The second kappa shape index (κ2) is 3.26. The molecular formula is C7H3BrClF3. The summed E-state index contributed by atoms with van der Waals surface area (Å²) in [6.45, 7) is 0. The predicted octanol–water partition coefficient (Wildman–Crippen LogP) is 3.92. The maximum Gasteiger partial charge on any atom is 0.329 e. The summed E-state index contributed by atoms with van der Waals surface area (Å²) in [4.78, 5) is -3.37. The van der Waals surface area contributed by atoms with Crippen molar-refractivity contribution in [2.24, 2.45) is 0 Å². The Kier molecular flexibility index (Phi) is 2.68. The zero-order valence-corrected chi connectivity index (χ0v) is 7.96. The minimum Gasteiger partial charge on any atom is -0.205 e. The van der Waals surface area contributed by atoms with E-state index in [1.54, 1.807) is 0 Å². The lowest BCUT2D eigenvalue weighted by Gasteiger charge is -2.09. The molecule has 66 valence electrons. The third-order valence-electron chi connectivity index (χ3n) is 1.26. The van der Waals surface area contributed by atoms with Gasteiger partial charge >= 0.3 is 4.83 Å². The Hall–Kier alpha value is -0.220. The highest BCUT2D eigenvalue weighted by molar-refractivity contribution is 9.09. The third-order valence-corrected chi connectivity index (χ3v) is 1.98. The molecule has 1 aromatic carbocycles. The molecule has 0 aliphatic carbocycles. The number of hydrogen-bond donors (Lipinski definition) is 0. The van der Waals surface area contributed by atoms with E-state index in [4.69, 9.17) is 11.6 Å². The maximum absolute atomic E-state index is 12.9. The van der Waals surface area contributed by atoms with E-state index in [1.807, 2.05) is 15.9 Å². The lowest BCUT2D eigenvalue weighted by atomic mass is 10.2. The molecule has 0 aliphatic rings. The molecule has 0 saturated carbocycles. The molecule has 12 heavy (non-hydrogen) atoms. The molecule has 0 radical (unpaired) electrons. The van der Waals surface area contributed by atoms with Gasteiger partial charge in [0.15, 0.2) is 5.82 Å². The average Bonchev–Trinajstić information content (AvgIpc) is 1.92. The van der Waals surface area contributed by atoms with Crippen LogP contribution in [0.2, 0.25) is 5.02 Å². The van der Waals surface area contributed by atoms with Crippen molar-refractivity contribution in [3.8, 4) is 0 Å². The number of halogens is 5. The van der Waals surface area contributed by atoms with Crippen molar-refractivity contribution in [1.29, 1.82) is 0 Å². The SMILES string of the molecule is Fc1c(Cl)cccc1C(F)(F)Br. The summed E-state index contributed by atoms with van der Waals surface area (Å²) >= 11 is 7.33. The lowest BCUT2D eigenvalue weighted by Crippen LogP contribution is -2.05. The van der Waals surface area contributed by atoms with Gasteiger partial charge < -0.3 is 0 Å². The lowest BCUT2D eigenvalue weighted by molar-refractivity contribution is 0.110. The zero-order chi connectivity index (χ0) is 9.35. The van der Waals surface area contributed by atoms with E-state index in [9.17, 15) is 13.2 Å². The Bertz CT molecular complexity index is 295. The summed E-state index contributed by atoms with van der Waals surface area (Å²) in [5, 5.41) is -0.313. The standard InChI is InChI=1S/C7H3BrClF3/c8-7(11,12)4-2-1-3-5(9)6(4)10/h1-3H. The van der Waals surface area contributed by atoms with E-state index in [1.165, 1.54) is 12.1 Å². The summed E-state index contributed by atoms with van der Waals surface area (Å²) in [7, 11) is 0. The number of rotatable bonds is 1. The Balaban J connectivity index is 3.26. The van der Waals surface area contributed by atoms with Gasteiger partial charge in [-0.15, -0.1) is 0 Å². The predicted molar refractivity (Wildman–Crippen MR) is 44.2 cm³/mol. The largest absolute Gasteiger partial charge is 0.329 e. The first-order valence-electron chi connectivity index (χ1n) is 2.94. The minimum absolute atomic E-state index is 0.313. The summed E-state index contributed by atoms with van der Waals surface area (Å²) in [5.74, 6) is -1.10. The number of benzene rings is 1. The molecule has 0 saturated heterocycles. The Morgan fingerprint density at radius 2 is 1.92 bits per heavy atom. The smallest absolute Gasteiger partial charge is 0.205 e. The molecule has 0 bridgehead atoms. The molecule has 0 amide bonds. The van der Waals surface area contributed by atoms with Crippen molar-refractivity contribution in [3.05, 3.63) is 34.6 Å². The normalized spacial score (nSPS) is 11.8. The van der Waals surface area contributed by atoms with Crippen molar-refractivity contribution in [2.75, 3.05) is 0 Å². The highest BCUT2D eigenvalue weighted by Crippen LogP contribution is 2.37. The summed E-state index contributed by atoms with van der Waals surface area (Å²) in [6.07, 6.45) is 0. The fourth-order valence-electron chi connectivity index (χ4n) is 0.723. The van der Waals surface area contributed by atoms with Gasteiger partial charge in [-0.1, -0.05) is 17.7 Å². The van der Waals surface area contributed by atoms with E-state index < -0.39 is 16.2 Å². The van der Waals surface area contributed by atoms with Crippen LogP contribution in [0.1, 0.15) is 5.56 Å². The van der Waals surface area contributed by atoms with Crippen molar-refractivity contribution in [1.82, 2.24) is 0 Å². The zero-order valence-electron chi connectivity index (χ0n) is 5.62. The fourth-order valence-corrected chi connectivity index (χ4v) is 1.20. The molecule has 0 heterocycles. The van der Waals surface area contributed by atoms with E-state index in [0.29, 0.717) is 0 Å². The third kappa shape index (κ3) is 1.93. The first kappa shape index (κ1) is 9.86. The van der Waals surface area contributed by atoms with Crippen LogP contribution in [0.25, 0.3) is 0 Å². The summed E-state index contributed by atoms with van der Waals surface area (Å²) in [5.41, 5.74) is -0.755. The van der Waals surface area contributed by atoms with Crippen molar-refractivity contribution < 1.29 is 13.2 Å². The fraction of sp³-hybridized carbons (Fsp3) is 0.143. The molecule has 0 unspecified atom stereocenters. The van der Waals surface area contributed by atoms with E-state index in [0.717, 1.165) is 6.07 Å². The van der Waals surface area contributed by atoms with Crippen LogP contribution < -0.4 is 0 Å². The second-order valence-electron chi connectivity index (χ2n) is 2.10. The molecule has 0 fully saturated rings. The Labute approximate surface area is 80.5 Å². The Morgan fingerprint density at radius 1 is 1.33 bits per heavy atom. The highest BCUT2D eigenvalue weighted by atomic mass is 79.9. The highest BCUT2D eigenvalue weighted by Gasteiger charge is 2.31. The molecule has 0 atom stereocenters. The second-order valence-corrected chi connectivity index (χ2v) is 3.50. The summed E-state index contributed by atoms with van der Waals surface area (Å²) in [6, 6.07) is 3.44. The molecule has 0 spiro atoms. The van der Waals surface area contributed by atoms with Gasteiger partial charge in [0.25, 0.3) is 0 Å². The van der Waals surface area contributed by atoms with E-state index in [2.05, 4.69) is 0 Å². The van der Waals surface area contributed by atoms with Crippen LogP contribution in [0.3, 0.4) is 0 Å².